The van der Waals surface area contributed by atoms with Gasteiger partial charge in [0.1, 0.15) is 0 Å². The molecule has 7 heteroatoms. The summed E-state index contributed by atoms with van der Waals surface area (Å²) >= 11 is 19.9. The van der Waals surface area contributed by atoms with Gasteiger partial charge >= 0.3 is 17.1 Å². The quantitative estimate of drug-likeness (QED) is 0.214. The molecular formula is C18H36MnN2S4. The molecule has 0 unspecified atom stereocenters. The second kappa shape index (κ2) is 22.8. The Bertz CT molecular complexity index is 271. The van der Waals surface area contributed by atoms with Gasteiger partial charge in [0, 0.05) is 26.2 Å². The minimum Gasteiger partial charge on any atom is -0.411 e. The van der Waals surface area contributed by atoms with Gasteiger partial charge in [-0.2, -0.15) is 0 Å². The molecule has 0 aromatic heterocycles. The Morgan fingerprint density at radius 1 is 0.600 bits per heavy atom. The van der Waals surface area contributed by atoms with Gasteiger partial charge in [0.25, 0.3) is 0 Å². The van der Waals surface area contributed by atoms with Gasteiger partial charge in [-0.3, -0.25) is 0 Å². The van der Waals surface area contributed by atoms with Crippen molar-refractivity contribution in [3.63, 3.8) is 0 Å². The van der Waals surface area contributed by atoms with Crippen molar-refractivity contribution >= 4 is 58.3 Å². The van der Waals surface area contributed by atoms with Gasteiger partial charge in [-0.1, -0.05) is 62.0 Å². The number of rotatable bonds is 12. The molecule has 0 fully saturated rings. The molecule has 0 aromatic carbocycles. The Hall–Kier alpha value is 0.739. The number of hydrogen-bond donors (Lipinski definition) is 0. The zero-order chi connectivity index (χ0) is 18.8. The van der Waals surface area contributed by atoms with Gasteiger partial charge in [0.05, 0.1) is 0 Å². The monoisotopic (exact) mass is 463 g/mol. The molecule has 0 N–H and O–H groups in total. The SMILES string of the molecule is CCCCN(CCCC)C(=S)[S-].CCCCN(CCCC)C(=S)[S-].[Mn+2]. The van der Waals surface area contributed by atoms with E-state index in [1.165, 1.54) is 51.4 Å². The molecule has 0 spiro atoms. The summed E-state index contributed by atoms with van der Waals surface area (Å²) in [5, 5.41) is 0. The van der Waals surface area contributed by atoms with Gasteiger partial charge in [-0.25, -0.2) is 0 Å². The van der Waals surface area contributed by atoms with Crippen LogP contribution in [0.15, 0.2) is 0 Å². The van der Waals surface area contributed by atoms with E-state index in [2.05, 4.69) is 37.5 Å². The fourth-order valence-corrected chi connectivity index (χ4v) is 2.71. The van der Waals surface area contributed by atoms with Crippen molar-refractivity contribution in [2.24, 2.45) is 0 Å². The average Bonchev–Trinajstić information content (AvgIpc) is 2.55. The van der Waals surface area contributed by atoms with Crippen LogP contribution in [0.25, 0.3) is 0 Å². The van der Waals surface area contributed by atoms with Crippen LogP contribution in [0, 0.1) is 0 Å². The molecule has 0 amide bonds. The van der Waals surface area contributed by atoms with Crippen LogP contribution >= 0.6 is 24.4 Å². The Balaban J connectivity index is -0.000000372. The van der Waals surface area contributed by atoms with E-state index in [9.17, 15) is 0 Å². The van der Waals surface area contributed by atoms with Crippen molar-refractivity contribution in [1.29, 1.82) is 0 Å². The van der Waals surface area contributed by atoms with Crippen LogP contribution in [-0.2, 0) is 42.3 Å². The third-order valence-corrected chi connectivity index (χ3v) is 4.68. The molecule has 1 radical (unpaired) electrons. The maximum absolute atomic E-state index is 4.98. The molecule has 0 rings (SSSR count). The van der Waals surface area contributed by atoms with Crippen molar-refractivity contribution < 1.29 is 17.1 Å². The summed E-state index contributed by atoms with van der Waals surface area (Å²) in [6, 6.07) is 0. The first-order valence-electron chi connectivity index (χ1n) is 9.36. The molecule has 0 atom stereocenters. The second-order valence-electron chi connectivity index (χ2n) is 5.92. The zero-order valence-corrected chi connectivity index (χ0v) is 20.8. The maximum Gasteiger partial charge on any atom is 2.00 e. The van der Waals surface area contributed by atoms with Crippen LogP contribution in [0.2, 0.25) is 0 Å². The fraction of sp³-hybridized carbons (Fsp3) is 0.889. The van der Waals surface area contributed by atoms with E-state index >= 15 is 0 Å². The number of hydrogen-bond acceptors (Lipinski definition) is 4. The van der Waals surface area contributed by atoms with Crippen molar-refractivity contribution in [2.45, 2.75) is 79.1 Å². The first kappa shape index (κ1) is 30.5. The first-order chi connectivity index (χ1) is 11.4. The summed E-state index contributed by atoms with van der Waals surface area (Å²) < 4.78 is 1.27. The topological polar surface area (TPSA) is 6.48 Å². The summed E-state index contributed by atoms with van der Waals surface area (Å²) in [5.74, 6) is 0. The van der Waals surface area contributed by atoms with Crippen LogP contribution in [0.4, 0.5) is 0 Å². The standard InChI is InChI=1S/2C9H19NS2.Mn/c2*1-3-5-7-10(9(11)12)8-6-4-2;/h2*3-8H2,1-2H3,(H,11,12);/q;;+2/p-2. The molecule has 149 valence electrons. The fourth-order valence-electron chi connectivity index (χ4n) is 1.98. The summed E-state index contributed by atoms with van der Waals surface area (Å²) in [6.07, 6.45) is 9.62. The summed E-state index contributed by atoms with van der Waals surface area (Å²) in [7, 11) is 0. The Morgan fingerprint density at radius 2 is 0.800 bits per heavy atom. The van der Waals surface area contributed by atoms with Gasteiger partial charge in [-0.05, 0) is 25.7 Å². The summed E-state index contributed by atoms with van der Waals surface area (Å²) in [4.78, 5) is 4.27. The van der Waals surface area contributed by atoms with E-state index in [0.717, 1.165) is 26.2 Å². The third kappa shape index (κ3) is 20.9. The van der Waals surface area contributed by atoms with Crippen LogP contribution in [-0.4, -0.2) is 44.6 Å². The van der Waals surface area contributed by atoms with Crippen molar-refractivity contribution in [1.82, 2.24) is 9.80 Å². The van der Waals surface area contributed by atoms with Crippen molar-refractivity contribution in [2.75, 3.05) is 26.2 Å². The van der Waals surface area contributed by atoms with E-state index in [-0.39, 0.29) is 17.1 Å². The van der Waals surface area contributed by atoms with Gasteiger partial charge in [0.15, 0.2) is 0 Å². The molecule has 0 aliphatic carbocycles. The molecule has 0 heterocycles. The van der Waals surface area contributed by atoms with E-state index in [1.807, 2.05) is 0 Å². The Kier molecular flexibility index (Phi) is 27.8. The van der Waals surface area contributed by atoms with Gasteiger partial charge in [0.2, 0.25) is 0 Å². The van der Waals surface area contributed by atoms with Crippen LogP contribution in [0.5, 0.6) is 0 Å². The number of unbranched alkanes of at least 4 members (excludes halogenated alkanes) is 4. The van der Waals surface area contributed by atoms with Crippen molar-refractivity contribution in [3.05, 3.63) is 0 Å². The van der Waals surface area contributed by atoms with E-state index in [4.69, 9.17) is 49.7 Å². The largest absolute Gasteiger partial charge is 2.00 e. The minimum atomic E-state index is 0. The predicted octanol–water partition coefficient (Wildman–Crippen LogP) is 5.44. The molecule has 0 saturated heterocycles. The van der Waals surface area contributed by atoms with Crippen LogP contribution in [0.1, 0.15) is 79.1 Å². The molecular weight excluding hydrogens is 427 g/mol. The zero-order valence-electron chi connectivity index (χ0n) is 16.4. The van der Waals surface area contributed by atoms with Gasteiger partial charge < -0.3 is 59.5 Å². The average molecular weight is 464 g/mol. The molecule has 0 aliphatic rings. The minimum absolute atomic E-state index is 0. The van der Waals surface area contributed by atoms with Gasteiger partial charge in [-0.15, -0.1) is 0 Å². The van der Waals surface area contributed by atoms with E-state index in [1.54, 1.807) is 0 Å². The molecule has 0 bridgehead atoms. The second-order valence-corrected chi connectivity index (χ2v) is 7.98. The smallest absolute Gasteiger partial charge is 0.411 e. The summed E-state index contributed by atoms with van der Waals surface area (Å²) in [5.41, 5.74) is 0. The molecule has 0 aromatic rings. The van der Waals surface area contributed by atoms with Crippen molar-refractivity contribution in [3.8, 4) is 0 Å². The first-order valence-corrected chi connectivity index (χ1v) is 11.0. The normalized spacial score (nSPS) is 9.44. The van der Waals surface area contributed by atoms with Crippen LogP contribution < -0.4 is 0 Å². The van der Waals surface area contributed by atoms with Crippen LogP contribution in [0.3, 0.4) is 0 Å². The van der Waals surface area contributed by atoms with E-state index < -0.39 is 0 Å². The molecule has 25 heavy (non-hydrogen) atoms. The maximum atomic E-state index is 4.98. The predicted molar refractivity (Wildman–Crippen MR) is 123 cm³/mol. The molecule has 0 aliphatic heterocycles. The third-order valence-electron chi connectivity index (χ3n) is 3.64. The Labute approximate surface area is 189 Å². The number of thiocarbonyl (C=S) groups is 2. The molecule has 0 saturated carbocycles. The number of nitrogens with zero attached hydrogens (tertiary/aromatic N) is 2. The summed E-state index contributed by atoms with van der Waals surface area (Å²) in [6.45, 7) is 12.9. The van der Waals surface area contributed by atoms with E-state index in [0.29, 0.717) is 8.64 Å². The molecule has 2 nitrogen and oxygen atoms in total. The Morgan fingerprint density at radius 3 is 0.920 bits per heavy atom.